The maximum atomic E-state index is 13.4. The molecule has 0 saturated carbocycles. The normalized spacial score (nSPS) is 16.3. The Morgan fingerprint density at radius 2 is 2.08 bits per heavy atom. The van der Waals surface area contributed by atoms with E-state index in [1.54, 1.807) is 0 Å². The zero-order valence-electron chi connectivity index (χ0n) is 14.6. The summed E-state index contributed by atoms with van der Waals surface area (Å²) in [4.78, 5) is 15.5. The summed E-state index contributed by atoms with van der Waals surface area (Å²) in [6, 6.07) is 12.5. The summed E-state index contributed by atoms with van der Waals surface area (Å²) in [5, 5.41) is 4.09. The van der Waals surface area contributed by atoms with Gasteiger partial charge in [-0.15, -0.1) is 0 Å². The molecule has 0 bridgehead atoms. The quantitative estimate of drug-likeness (QED) is 0.753. The Balaban J connectivity index is 1.38. The monoisotopic (exact) mass is 352 g/mol. The fourth-order valence-electron chi connectivity index (χ4n) is 3.57. The van der Waals surface area contributed by atoms with Gasteiger partial charge in [0.25, 0.3) is 5.91 Å². The van der Waals surface area contributed by atoms with Gasteiger partial charge in [0, 0.05) is 22.6 Å². The number of H-pyrrole nitrogens is 1. The van der Waals surface area contributed by atoms with Gasteiger partial charge in [-0.2, -0.15) is 0 Å². The molecule has 4 nitrogen and oxygen atoms in total. The summed E-state index contributed by atoms with van der Waals surface area (Å²) in [7, 11) is 0. The minimum absolute atomic E-state index is 0.00547. The van der Waals surface area contributed by atoms with Crippen molar-refractivity contribution in [2.24, 2.45) is 0 Å². The first-order chi connectivity index (χ1) is 12.6. The molecule has 1 atom stereocenters. The fourth-order valence-corrected chi connectivity index (χ4v) is 3.57. The van der Waals surface area contributed by atoms with Crippen molar-refractivity contribution in [2.45, 2.75) is 32.2 Å². The number of aryl methyl sites for hydroxylation is 2. The first kappa shape index (κ1) is 16.6. The van der Waals surface area contributed by atoms with E-state index in [-0.39, 0.29) is 24.4 Å². The number of fused-ring (bicyclic) bond motifs is 3. The molecule has 4 rings (SSSR count). The van der Waals surface area contributed by atoms with Crippen molar-refractivity contribution in [3.63, 3.8) is 0 Å². The van der Waals surface area contributed by atoms with E-state index >= 15 is 0 Å². The van der Waals surface area contributed by atoms with E-state index in [2.05, 4.69) is 10.3 Å². The molecule has 0 fully saturated rings. The molecule has 1 aliphatic carbocycles. The van der Waals surface area contributed by atoms with Crippen LogP contribution in [-0.4, -0.2) is 23.5 Å². The molecule has 0 aliphatic heterocycles. The molecule has 0 saturated heterocycles. The van der Waals surface area contributed by atoms with Gasteiger partial charge in [0.05, 0.1) is 0 Å². The van der Waals surface area contributed by atoms with Gasteiger partial charge in [-0.25, -0.2) is 4.39 Å². The van der Waals surface area contributed by atoms with Crippen LogP contribution in [0.2, 0.25) is 0 Å². The summed E-state index contributed by atoms with van der Waals surface area (Å²) < 4.78 is 18.9. The lowest BCUT2D eigenvalue weighted by atomic mass is 9.91. The maximum Gasteiger partial charge on any atom is 0.258 e. The van der Waals surface area contributed by atoms with E-state index in [0.29, 0.717) is 5.75 Å². The molecule has 1 heterocycles. The number of aromatic amines is 1. The lowest BCUT2D eigenvalue weighted by Crippen LogP contribution is -2.41. The number of carbonyl (C=O) groups is 1. The smallest absolute Gasteiger partial charge is 0.258 e. The maximum absolute atomic E-state index is 13.4. The number of ether oxygens (including phenoxy) is 1. The average molecular weight is 352 g/mol. The molecule has 1 unspecified atom stereocenters. The largest absolute Gasteiger partial charge is 0.484 e. The molecule has 0 spiro atoms. The molecule has 5 heteroatoms. The predicted molar refractivity (Wildman–Crippen MR) is 98.9 cm³/mol. The zero-order chi connectivity index (χ0) is 18.1. The van der Waals surface area contributed by atoms with Gasteiger partial charge in [0.15, 0.2) is 6.61 Å². The summed E-state index contributed by atoms with van der Waals surface area (Å²) in [6.45, 7) is 2.01. The van der Waals surface area contributed by atoms with Gasteiger partial charge in [-0.3, -0.25) is 4.79 Å². The topological polar surface area (TPSA) is 54.1 Å². The summed E-state index contributed by atoms with van der Waals surface area (Å²) in [5.41, 5.74) is 4.30. The van der Waals surface area contributed by atoms with Crippen LogP contribution >= 0.6 is 0 Å². The molecule has 26 heavy (non-hydrogen) atoms. The number of amides is 1. The Morgan fingerprint density at radius 1 is 1.27 bits per heavy atom. The summed E-state index contributed by atoms with van der Waals surface area (Å²) >= 11 is 0. The summed E-state index contributed by atoms with van der Waals surface area (Å²) in [5.74, 6) is 0.328. The van der Waals surface area contributed by atoms with Crippen LogP contribution < -0.4 is 10.1 Å². The van der Waals surface area contributed by atoms with Gasteiger partial charge in [-0.1, -0.05) is 17.7 Å². The second kappa shape index (κ2) is 6.83. The standard InChI is InChI=1S/C21H21FN2O2/c1-13-2-6-16(7-3-13)26-12-21(25)23-15-5-9-19-18(11-15)17-8-4-14(22)10-20(17)24-19/h2-4,6-8,10,15,24H,5,9,11-12H2,1H3,(H,23,25). The van der Waals surface area contributed by atoms with Crippen LogP contribution in [0.15, 0.2) is 42.5 Å². The second-order valence-corrected chi connectivity index (χ2v) is 6.88. The Hall–Kier alpha value is -2.82. The third kappa shape index (κ3) is 3.43. The van der Waals surface area contributed by atoms with E-state index in [1.807, 2.05) is 37.3 Å². The number of carbonyl (C=O) groups excluding carboxylic acids is 1. The Kier molecular flexibility index (Phi) is 4.37. The molecule has 1 aromatic heterocycles. The third-order valence-electron chi connectivity index (χ3n) is 4.91. The van der Waals surface area contributed by atoms with E-state index in [4.69, 9.17) is 4.74 Å². The third-order valence-corrected chi connectivity index (χ3v) is 4.91. The molecule has 2 aromatic carbocycles. The van der Waals surface area contributed by atoms with Gasteiger partial charge >= 0.3 is 0 Å². The van der Waals surface area contributed by atoms with Gasteiger partial charge < -0.3 is 15.0 Å². The van der Waals surface area contributed by atoms with Crippen LogP contribution in [0, 0.1) is 12.7 Å². The van der Waals surface area contributed by atoms with Crippen LogP contribution in [0.1, 0.15) is 23.2 Å². The lowest BCUT2D eigenvalue weighted by Gasteiger charge is -2.23. The van der Waals surface area contributed by atoms with E-state index in [9.17, 15) is 9.18 Å². The molecule has 3 aromatic rings. The molecular weight excluding hydrogens is 331 g/mol. The minimum Gasteiger partial charge on any atom is -0.484 e. The van der Waals surface area contributed by atoms with Crippen LogP contribution in [0.5, 0.6) is 5.75 Å². The first-order valence-corrected chi connectivity index (χ1v) is 8.86. The highest BCUT2D eigenvalue weighted by Crippen LogP contribution is 2.29. The highest BCUT2D eigenvalue weighted by molar-refractivity contribution is 5.85. The van der Waals surface area contributed by atoms with Gasteiger partial charge in [-0.05, 0) is 62.1 Å². The summed E-state index contributed by atoms with van der Waals surface area (Å²) in [6.07, 6.45) is 2.45. The molecule has 1 amide bonds. The molecule has 134 valence electrons. The van der Waals surface area contributed by atoms with Crippen LogP contribution in [0.3, 0.4) is 0 Å². The van der Waals surface area contributed by atoms with Gasteiger partial charge in [0.2, 0.25) is 0 Å². The number of halogens is 1. The number of nitrogens with one attached hydrogen (secondary N) is 2. The Morgan fingerprint density at radius 3 is 2.88 bits per heavy atom. The van der Waals surface area contributed by atoms with Crippen molar-refractivity contribution in [1.29, 1.82) is 0 Å². The van der Waals surface area contributed by atoms with Crippen LogP contribution in [-0.2, 0) is 17.6 Å². The first-order valence-electron chi connectivity index (χ1n) is 8.86. The fraction of sp³-hybridized carbons (Fsp3) is 0.286. The van der Waals surface area contributed by atoms with Gasteiger partial charge in [0.1, 0.15) is 11.6 Å². The Labute approximate surface area is 151 Å². The van der Waals surface area contributed by atoms with Crippen molar-refractivity contribution < 1.29 is 13.9 Å². The van der Waals surface area contributed by atoms with Crippen molar-refractivity contribution in [3.8, 4) is 5.75 Å². The van der Waals surface area contributed by atoms with Crippen LogP contribution in [0.25, 0.3) is 10.9 Å². The molecule has 0 radical (unpaired) electrons. The minimum atomic E-state index is -0.241. The zero-order valence-corrected chi connectivity index (χ0v) is 14.6. The second-order valence-electron chi connectivity index (χ2n) is 6.88. The van der Waals surface area contributed by atoms with Crippen molar-refractivity contribution in [3.05, 3.63) is 65.1 Å². The number of hydrogen-bond donors (Lipinski definition) is 2. The number of rotatable bonds is 4. The van der Waals surface area contributed by atoms with E-state index in [1.165, 1.54) is 17.7 Å². The molecule has 2 N–H and O–H groups in total. The number of aromatic nitrogens is 1. The van der Waals surface area contributed by atoms with Crippen molar-refractivity contribution in [1.82, 2.24) is 10.3 Å². The molecular formula is C21H21FN2O2. The molecule has 1 aliphatic rings. The average Bonchev–Trinajstić information content (AvgIpc) is 2.98. The van der Waals surface area contributed by atoms with E-state index in [0.717, 1.165) is 41.4 Å². The number of hydrogen-bond acceptors (Lipinski definition) is 2. The Bertz CT molecular complexity index is 947. The van der Waals surface area contributed by atoms with E-state index < -0.39 is 0 Å². The van der Waals surface area contributed by atoms with Crippen molar-refractivity contribution in [2.75, 3.05) is 6.61 Å². The van der Waals surface area contributed by atoms with Crippen molar-refractivity contribution >= 4 is 16.8 Å². The highest BCUT2D eigenvalue weighted by Gasteiger charge is 2.23. The van der Waals surface area contributed by atoms with Crippen LogP contribution in [0.4, 0.5) is 4.39 Å². The lowest BCUT2D eigenvalue weighted by molar-refractivity contribution is -0.123. The predicted octanol–water partition coefficient (Wildman–Crippen LogP) is 3.67. The number of benzene rings is 2. The SMILES string of the molecule is Cc1ccc(OCC(=O)NC2CCc3[nH]c4cc(F)ccc4c3C2)cc1. The highest BCUT2D eigenvalue weighted by atomic mass is 19.1.